The molecule has 2 rings (SSSR count). The van der Waals surface area contributed by atoms with E-state index in [2.05, 4.69) is 15.6 Å². The second-order valence-corrected chi connectivity index (χ2v) is 4.37. The molecule has 1 amide bonds. The lowest BCUT2D eigenvalue weighted by atomic mass is 10.2. The SMILES string of the molecule is Cc1cc(NC(=O)c2cn(CCN)nn2)ccc1[N+](=O)[O-]. The Kier molecular flexibility index (Phi) is 4.24. The Balaban J connectivity index is 2.11. The molecule has 0 spiro atoms. The van der Waals surface area contributed by atoms with Gasteiger partial charge in [-0.1, -0.05) is 5.21 Å². The monoisotopic (exact) mass is 290 g/mol. The molecule has 0 atom stereocenters. The molecule has 0 aliphatic heterocycles. The van der Waals surface area contributed by atoms with E-state index in [0.717, 1.165) is 0 Å². The number of amides is 1. The quantitative estimate of drug-likeness (QED) is 0.616. The Hall–Kier alpha value is -2.81. The average molecular weight is 290 g/mol. The second kappa shape index (κ2) is 6.09. The summed E-state index contributed by atoms with van der Waals surface area (Å²) >= 11 is 0. The van der Waals surface area contributed by atoms with Gasteiger partial charge in [0.1, 0.15) is 0 Å². The fourth-order valence-electron chi connectivity index (χ4n) is 1.78. The van der Waals surface area contributed by atoms with Gasteiger partial charge in [0.2, 0.25) is 0 Å². The van der Waals surface area contributed by atoms with Crippen LogP contribution in [-0.4, -0.2) is 32.4 Å². The van der Waals surface area contributed by atoms with Crippen LogP contribution < -0.4 is 11.1 Å². The maximum atomic E-state index is 12.0. The maximum absolute atomic E-state index is 12.0. The van der Waals surface area contributed by atoms with Gasteiger partial charge in [-0.2, -0.15) is 0 Å². The highest BCUT2D eigenvalue weighted by atomic mass is 16.6. The average Bonchev–Trinajstić information content (AvgIpc) is 2.87. The molecule has 9 heteroatoms. The lowest BCUT2D eigenvalue weighted by Crippen LogP contribution is -2.13. The number of nitrogens with zero attached hydrogens (tertiary/aromatic N) is 4. The van der Waals surface area contributed by atoms with Crippen LogP contribution >= 0.6 is 0 Å². The molecular weight excluding hydrogens is 276 g/mol. The van der Waals surface area contributed by atoms with E-state index in [1.54, 1.807) is 6.92 Å². The molecule has 9 nitrogen and oxygen atoms in total. The topological polar surface area (TPSA) is 129 Å². The number of anilines is 1. The highest BCUT2D eigenvalue weighted by Gasteiger charge is 2.14. The molecule has 110 valence electrons. The Morgan fingerprint density at radius 3 is 2.90 bits per heavy atom. The van der Waals surface area contributed by atoms with Crippen LogP contribution in [0.3, 0.4) is 0 Å². The van der Waals surface area contributed by atoms with E-state index >= 15 is 0 Å². The minimum absolute atomic E-state index is 0.00175. The van der Waals surface area contributed by atoms with Crippen LogP contribution in [0.1, 0.15) is 16.1 Å². The summed E-state index contributed by atoms with van der Waals surface area (Å²) in [5, 5.41) is 20.8. The Morgan fingerprint density at radius 1 is 1.52 bits per heavy atom. The minimum atomic E-state index is -0.473. The van der Waals surface area contributed by atoms with Gasteiger partial charge in [-0.15, -0.1) is 5.10 Å². The molecule has 0 bridgehead atoms. The van der Waals surface area contributed by atoms with Crippen LogP contribution in [0, 0.1) is 17.0 Å². The molecule has 0 saturated carbocycles. The molecular formula is C12H14N6O3. The van der Waals surface area contributed by atoms with Crippen molar-refractivity contribution in [2.24, 2.45) is 5.73 Å². The lowest BCUT2D eigenvalue weighted by molar-refractivity contribution is -0.385. The zero-order valence-electron chi connectivity index (χ0n) is 11.3. The van der Waals surface area contributed by atoms with Crippen molar-refractivity contribution in [2.75, 3.05) is 11.9 Å². The van der Waals surface area contributed by atoms with Crippen molar-refractivity contribution in [1.82, 2.24) is 15.0 Å². The van der Waals surface area contributed by atoms with E-state index < -0.39 is 10.8 Å². The summed E-state index contributed by atoms with van der Waals surface area (Å²) in [7, 11) is 0. The molecule has 0 saturated heterocycles. The first-order valence-corrected chi connectivity index (χ1v) is 6.18. The van der Waals surface area contributed by atoms with Crippen molar-refractivity contribution in [3.8, 4) is 0 Å². The van der Waals surface area contributed by atoms with E-state index in [1.807, 2.05) is 0 Å². The van der Waals surface area contributed by atoms with Crippen LogP contribution in [0.25, 0.3) is 0 Å². The van der Waals surface area contributed by atoms with Crippen LogP contribution in [-0.2, 0) is 6.54 Å². The number of aryl methyl sites for hydroxylation is 1. The van der Waals surface area contributed by atoms with Gasteiger partial charge < -0.3 is 11.1 Å². The minimum Gasteiger partial charge on any atom is -0.329 e. The summed E-state index contributed by atoms with van der Waals surface area (Å²) in [6.45, 7) is 2.47. The smallest absolute Gasteiger partial charge is 0.277 e. The molecule has 0 fully saturated rings. The number of aromatic nitrogens is 3. The van der Waals surface area contributed by atoms with Gasteiger partial charge in [-0.3, -0.25) is 19.6 Å². The van der Waals surface area contributed by atoms with Crippen molar-refractivity contribution in [2.45, 2.75) is 13.5 Å². The van der Waals surface area contributed by atoms with E-state index in [9.17, 15) is 14.9 Å². The first-order chi connectivity index (χ1) is 10.0. The molecule has 1 aromatic carbocycles. The summed E-state index contributed by atoms with van der Waals surface area (Å²) in [6.07, 6.45) is 1.49. The summed E-state index contributed by atoms with van der Waals surface area (Å²) in [4.78, 5) is 22.2. The molecule has 0 unspecified atom stereocenters. The molecule has 0 aliphatic rings. The predicted octanol–water partition coefficient (Wildman–Crippen LogP) is 0.706. The summed E-state index contributed by atoms with van der Waals surface area (Å²) < 4.78 is 1.47. The van der Waals surface area contributed by atoms with Gasteiger partial charge in [-0.25, -0.2) is 0 Å². The molecule has 1 aromatic heterocycles. The number of carbonyl (C=O) groups is 1. The Morgan fingerprint density at radius 2 is 2.29 bits per heavy atom. The standard InChI is InChI=1S/C12H14N6O3/c1-8-6-9(2-3-11(8)18(20)21)14-12(19)10-7-17(5-4-13)16-15-10/h2-3,6-7H,4-5,13H2,1H3,(H,14,19). The predicted molar refractivity (Wildman–Crippen MR) is 74.9 cm³/mol. The number of benzene rings is 1. The molecule has 1 heterocycles. The lowest BCUT2D eigenvalue weighted by Gasteiger charge is -2.04. The number of carbonyl (C=O) groups excluding carboxylic acids is 1. The number of rotatable bonds is 5. The van der Waals surface area contributed by atoms with Gasteiger partial charge >= 0.3 is 0 Å². The zero-order valence-corrected chi connectivity index (χ0v) is 11.3. The number of nitro groups is 1. The maximum Gasteiger partial charge on any atom is 0.277 e. The molecule has 0 aliphatic carbocycles. The summed E-state index contributed by atoms with van der Waals surface area (Å²) in [6, 6.07) is 4.34. The second-order valence-electron chi connectivity index (χ2n) is 4.37. The van der Waals surface area contributed by atoms with E-state index in [4.69, 9.17) is 5.73 Å². The van der Waals surface area contributed by atoms with Crippen molar-refractivity contribution in [1.29, 1.82) is 0 Å². The first-order valence-electron chi connectivity index (χ1n) is 6.18. The van der Waals surface area contributed by atoms with E-state index in [1.165, 1.54) is 29.1 Å². The highest BCUT2D eigenvalue weighted by molar-refractivity contribution is 6.02. The van der Waals surface area contributed by atoms with Gasteiger partial charge in [0.05, 0.1) is 17.7 Å². The third-order valence-corrected chi connectivity index (χ3v) is 2.78. The van der Waals surface area contributed by atoms with Gasteiger partial charge in [0.15, 0.2) is 5.69 Å². The van der Waals surface area contributed by atoms with E-state index in [0.29, 0.717) is 24.3 Å². The summed E-state index contributed by atoms with van der Waals surface area (Å²) in [5.41, 5.74) is 6.45. The van der Waals surface area contributed by atoms with Gasteiger partial charge in [0, 0.05) is 23.9 Å². The van der Waals surface area contributed by atoms with Crippen LogP contribution in [0.2, 0.25) is 0 Å². The largest absolute Gasteiger partial charge is 0.329 e. The highest BCUT2D eigenvalue weighted by Crippen LogP contribution is 2.21. The van der Waals surface area contributed by atoms with Crippen molar-refractivity contribution >= 4 is 17.3 Å². The number of hydrogen-bond donors (Lipinski definition) is 2. The number of nitro benzene ring substituents is 1. The fourth-order valence-corrected chi connectivity index (χ4v) is 1.78. The van der Waals surface area contributed by atoms with Gasteiger partial charge in [0.25, 0.3) is 11.6 Å². The van der Waals surface area contributed by atoms with E-state index in [-0.39, 0.29) is 11.4 Å². The molecule has 21 heavy (non-hydrogen) atoms. The molecule has 0 radical (unpaired) electrons. The Bertz CT molecular complexity index is 681. The normalized spacial score (nSPS) is 10.4. The first kappa shape index (κ1) is 14.6. The third kappa shape index (κ3) is 3.39. The fraction of sp³-hybridized carbons (Fsp3) is 0.250. The molecule has 2 aromatic rings. The van der Waals surface area contributed by atoms with Crippen molar-refractivity contribution in [3.05, 3.63) is 45.8 Å². The Labute approximate surface area is 119 Å². The summed E-state index contributed by atoms with van der Waals surface area (Å²) in [5.74, 6) is -0.438. The number of nitrogens with one attached hydrogen (secondary N) is 1. The van der Waals surface area contributed by atoms with Crippen LogP contribution in [0.4, 0.5) is 11.4 Å². The van der Waals surface area contributed by atoms with Crippen LogP contribution in [0.15, 0.2) is 24.4 Å². The zero-order chi connectivity index (χ0) is 15.4. The number of hydrogen-bond acceptors (Lipinski definition) is 6. The van der Waals surface area contributed by atoms with Crippen LogP contribution in [0.5, 0.6) is 0 Å². The molecule has 3 N–H and O–H groups in total. The third-order valence-electron chi connectivity index (χ3n) is 2.78. The number of nitrogens with two attached hydrogens (primary N) is 1. The van der Waals surface area contributed by atoms with Crippen molar-refractivity contribution < 1.29 is 9.72 Å². The van der Waals surface area contributed by atoms with Gasteiger partial charge in [-0.05, 0) is 19.1 Å². The van der Waals surface area contributed by atoms with Crippen molar-refractivity contribution in [3.63, 3.8) is 0 Å².